The van der Waals surface area contributed by atoms with E-state index in [1.807, 2.05) is 6.07 Å². The van der Waals surface area contributed by atoms with Crippen LogP contribution in [0.1, 0.15) is 40.2 Å². The molecule has 0 saturated carbocycles. The summed E-state index contributed by atoms with van der Waals surface area (Å²) in [6.07, 6.45) is -0.193. The van der Waals surface area contributed by atoms with Crippen LogP contribution in [0.4, 0.5) is 10.5 Å². The van der Waals surface area contributed by atoms with Crippen molar-refractivity contribution in [2.45, 2.75) is 46.6 Å². The number of amides is 1. The SMILES string of the molecule is CC(C)(C)OC(=O)Nc1cc(CC(C)(C)C(=O)O)ccc1Br. The van der Waals surface area contributed by atoms with Gasteiger partial charge < -0.3 is 9.84 Å². The zero-order valence-corrected chi connectivity index (χ0v) is 15.1. The van der Waals surface area contributed by atoms with Gasteiger partial charge in [0.25, 0.3) is 0 Å². The van der Waals surface area contributed by atoms with Gasteiger partial charge in [-0.2, -0.15) is 0 Å². The molecule has 122 valence electrons. The van der Waals surface area contributed by atoms with Crippen LogP contribution >= 0.6 is 15.9 Å². The number of carbonyl (C=O) groups excluding carboxylic acids is 1. The number of carboxylic acids is 1. The largest absolute Gasteiger partial charge is 0.481 e. The van der Waals surface area contributed by atoms with Crippen LogP contribution in [0.25, 0.3) is 0 Å². The van der Waals surface area contributed by atoms with Gasteiger partial charge in [-0.1, -0.05) is 6.07 Å². The van der Waals surface area contributed by atoms with Crippen molar-refractivity contribution >= 4 is 33.7 Å². The Morgan fingerprint density at radius 1 is 1.23 bits per heavy atom. The van der Waals surface area contributed by atoms with Crippen LogP contribution in [0.15, 0.2) is 22.7 Å². The molecular formula is C16H22BrNO4. The maximum Gasteiger partial charge on any atom is 0.412 e. The van der Waals surface area contributed by atoms with Gasteiger partial charge in [0.15, 0.2) is 0 Å². The first-order valence-corrected chi connectivity index (χ1v) is 7.72. The third kappa shape index (κ3) is 5.67. The lowest BCUT2D eigenvalue weighted by atomic mass is 9.86. The predicted octanol–water partition coefficient (Wildman–Crippen LogP) is 4.45. The maximum atomic E-state index is 11.8. The zero-order chi connectivity index (χ0) is 17.1. The number of anilines is 1. The number of nitrogens with one attached hydrogen (secondary N) is 1. The molecule has 0 aliphatic heterocycles. The average Bonchev–Trinajstić information content (AvgIpc) is 2.30. The number of benzene rings is 1. The highest BCUT2D eigenvalue weighted by molar-refractivity contribution is 9.10. The fourth-order valence-corrected chi connectivity index (χ4v) is 2.12. The molecule has 0 radical (unpaired) electrons. The Morgan fingerprint density at radius 2 is 1.82 bits per heavy atom. The van der Waals surface area contributed by atoms with Crippen LogP contribution in [0.3, 0.4) is 0 Å². The molecule has 2 N–H and O–H groups in total. The van der Waals surface area contributed by atoms with Crippen molar-refractivity contribution < 1.29 is 19.4 Å². The fraction of sp³-hybridized carbons (Fsp3) is 0.500. The molecular weight excluding hydrogens is 350 g/mol. The average molecular weight is 372 g/mol. The standard InChI is InChI=1S/C16H22BrNO4/c1-15(2,3)22-14(21)18-12-8-10(6-7-11(12)17)9-16(4,5)13(19)20/h6-8H,9H2,1-5H3,(H,18,21)(H,19,20). The van der Waals surface area contributed by atoms with Crippen LogP contribution in [0, 0.1) is 5.41 Å². The van der Waals surface area contributed by atoms with E-state index in [1.165, 1.54) is 0 Å². The molecule has 0 aliphatic rings. The Kier molecular flexibility index (Phi) is 5.62. The molecule has 5 nitrogen and oxygen atoms in total. The van der Waals surface area contributed by atoms with Gasteiger partial charge in [0, 0.05) is 4.47 Å². The number of carbonyl (C=O) groups is 2. The first-order chi connectivity index (χ1) is 9.90. The molecule has 0 spiro atoms. The summed E-state index contributed by atoms with van der Waals surface area (Å²) in [6, 6.07) is 5.35. The second-order valence-corrected chi connectivity index (χ2v) is 7.66. The summed E-state index contributed by atoms with van der Waals surface area (Å²) < 4.78 is 5.91. The Bertz CT molecular complexity index is 576. The topological polar surface area (TPSA) is 75.6 Å². The molecule has 6 heteroatoms. The molecule has 0 bridgehead atoms. The van der Waals surface area contributed by atoms with Crippen molar-refractivity contribution in [3.05, 3.63) is 28.2 Å². The first-order valence-electron chi connectivity index (χ1n) is 6.92. The monoisotopic (exact) mass is 371 g/mol. The molecule has 0 saturated heterocycles. The third-order valence-corrected chi connectivity index (χ3v) is 3.58. The molecule has 1 aromatic rings. The summed E-state index contributed by atoms with van der Waals surface area (Å²) in [5.74, 6) is -0.864. The van der Waals surface area contributed by atoms with Crippen LogP contribution in [-0.4, -0.2) is 22.8 Å². The smallest absolute Gasteiger partial charge is 0.412 e. The number of carboxylic acid groups (broad SMARTS) is 1. The molecule has 0 aromatic heterocycles. The van der Waals surface area contributed by atoms with Gasteiger partial charge in [-0.25, -0.2) is 4.79 Å². The van der Waals surface area contributed by atoms with E-state index >= 15 is 0 Å². The van der Waals surface area contributed by atoms with E-state index in [0.717, 1.165) is 5.56 Å². The van der Waals surface area contributed by atoms with Crippen LogP contribution in [-0.2, 0) is 16.0 Å². The molecule has 0 fully saturated rings. The van der Waals surface area contributed by atoms with Gasteiger partial charge in [-0.15, -0.1) is 0 Å². The van der Waals surface area contributed by atoms with Gasteiger partial charge in [-0.05, 0) is 74.7 Å². The van der Waals surface area contributed by atoms with Gasteiger partial charge in [0.05, 0.1) is 11.1 Å². The molecule has 0 atom stereocenters. The minimum Gasteiger partial charge on any atom is -0.481 e. The van der Waals surface area contributed by atoms with Gasteiger partial charge >= 0.3 is 12.1 Å². The number of hydrogen-bond acceptors (Lipinski definition) is 3. The van der Waals surface area contributed by atoms with E-state index in [9.17, 15) is 14.7 Å². The number of aliphatic carboxylic acids is 1. The second kappa shape index (κ2) is 6.69. The van der Waals surface area contributed by atoms with Crippen molar-refractivity contribution in [2.24, 2.45) is 5.41 Å². The van der Waals surface area contributed by atoms with Gasteiger partial charge in [0.2, 0.25) is 0 Å². The van der Waals surface area contributed by atoms with Gasteiger partial charge in [0.1, 0.15) is 5.60 Å². The van der Waals surface area contributed by atoms with Crippen LogP contribution in [0.2, 0.25) is 0 Å². The Morgan fingerprint density at radius 3 is 2.32 bits per heavy atom. The van der Waals surface area contributed by atoms with E-state index < -0.39 is 23.1 Å². The summed E-state index contributed by atoms with van der Waals surface area (Å²) in [7, 11) is 0. The van der Waals surface area contributed by atoms with Crippen LogP contribution in [0.5, 0.6) is 0 Å². The lowest BCUT2D eigenvalue weighted by molar-refractivity contribution is -0.146. The zero-order valence-electron chi connectivity index (χ0n) is 13.5. The van der Waals surface area contributed by atoms with Gasteiger partial charge in [-0.3, -0.25) is 10.1 Å². The normalized spacial score (nSPS) is 11.9. The van der Waals surface area contributed by atoms with E-state index in [0.29, 0.717) is 16.6 Å². The maximum absolute atomic E-state index is 11.8. The molecule has 0 heterocycles. The lowest BCUT2D eigenvalue weighted by Crippen LogP contribution is -2.27. The van der Waals surface area contributed by atoms with Crippen molar-refractivity contribution in [1.29, 1.82) is 0 Å². The quantitative estimate of drug-likeness (QED) is 0.819. The highest BCUT2D eigenvalue weighted by atomic mass is 79.9. The summed E-state index contributed by atoms with van der Waals surface area (Å²) in [4.78, 5) is 23.0. The van der Waals surface area contributed by atoms with Crippen molar-refractivity contribution in [3.63, 3.8) is 0 Å². The summed E-state index contributed by atoms with van der Waals surface area (Å²) in [6.45, 7) is 8.69. The van der Waals surface area contributed by atoms with Crippen molar-refractivity contribution in [1.82, 2.24) is 0 Å². The second-order valence-electron chi connectivity index (χ2n) is 6.81. The summed E-state index contributed by atoms with van der Waals surface area (Å²) >= 11 is 3.36. The van der Waals surface area contributed by atoms with E-state index in [-0.39, 0.29) is 0 Å². The fourth-order valence-electron chi connectivity index (χ4n) is 1.78. The molecule has 22 heavy (non-hydrogen) atoms. The third-order valence-electron chi connectivity index (χ3n) is 2.89. The minimum atomic E-state index is -0.878. The Hall–Kier alpha value is -1.56. The number of hydrogen-bond donors (Lipinski definition) is 2. The van der Waals surface area contributed by atoms with E-state index in [1.54, 1.807) is 46.8 Å². The van der Waals surface area contributed by atoms with Crippen molar-refractivity contribution in [3.8, 4) is 0 Å². The first kappa shape index (κ1) is 18.5. The van der Waals surface area contributed by atoms with E-state index in [2.05, 4.69) is 21.2 Å². The van der Waals surface area contributed by atoms with Crippen LogP contribution < -0.4 is 5.32 Å². The number of ether oxygens (including phenoxy) is 1. The van der Waals surface area contributed by atoms with Crippen molar-refractivity contribution in [2.75, 3.05) is 5.32 Å². The van der Waals surface area contributed by atoms with E-state index in [4.69, 9.17) is 4.74 Å². The predicted molar refractivity (Wildman–Crippen MR) is 89.1 cm³/mol. The highest BCUT2D eigenvalue weighted by Gasteiger charge is 2.27. The molecule has 1 amide bonds. The summed E-state index contributed by atoms with van der Waals surface area (Å²) in [5.41, 5.74) is -0.0918. The molecule has 0 unspecified atom stereocenters. The summed E-state index contributed by atoms with van der Waals surface area (Å²) in [5, 5.41) is 11.9. The highest BCUT2D eigenvalue weighted by Crippen LogP contribution is 2.28. The minimum absolute atomic E-state index is 0.360. The number of halogens is 1. The number of rotatable bonds is 4. The molecule has 1 aromatic carbocycles. The lowest BCUT2D eigenvalue weighted by Gasteiger charge is -2.21. The molecule has 1 rings (SSSR count). The molecule has 0 aliphatic carbocycles. The Labute approximate surface area is 139 Å². The Balaban J connectivity index is 2.91.